The van der Waals surface area contributed by atoms with Crippen LogP contribution in [0.25, 0.3) is 0 Å². The second-order valence-corrected chi connectivity index (χ2v) is 5.51. The lowest BCUT2D eigenvalue weighted by Crippen LogP contribution is -2.37. The lowest BCUT2D eigenvalue weighted by atomic mass is 10.2. The zero-order valence-electron chi connectivity index (χ0n) is 10.2. The van der Waals surface area contributed by atoms with Gasteiger partial charge in [-0.05, 0) is 38.5 Å². The van der Waals surface area contributed by atoms with Crippen LogP contribution in [-0.2, 0) is 4.79 Å². The first-order valence-corrected chi connectivity index (χ1v) is 6.68. The fourth-order valence-corrected chi connectivity index (χ4v) is 1.89. The minimum Gasteiger partial charge on any atom is -0.353 e. The molecule has 0 spiro atoms. The Kier molecular flexibility index (Phi) is 7.88. The summed E-state index contributed by atoms with van der Waals surface area (Å²) in [5, 5.41) is 3.00. The van der Waals surface area contributed by atoms with E-state index in [0.717, 1.165) is 12.2 Å². The number of thioether (sulfide) groups is 1. The molecular formula is C11H24N2OS. The second-order valence-electron chi connectivity index (χ2n) is 4.13. The number of nitrogens with one attached hydrogen (secondary N) is 1. The van der Waals surface area contributed by atoms with Crippen LogP contribution in [0.4, 0.5) is 0 Å². The quantitative estimate of drug-likeness (QED) is 0.701. The van der Waals surface area contributed by atoms with Crippen molar-refractivity contribution < 1.29 is 4.79 Å². The van der Waals surface area contributed by atoms with Crippen molar-refractivity contribution in [3.05, 3.63) is 0 Å². The maximum absolute atomic E-state index is 11.7. The maximum atomic E-state index is 11.7. The van der Waals surface area contributed by atoms with Crippen molar-refractivity contribution in [3.8, 4) is 0 Å². The Morgan fingerprint density at radius 2 is 2.00 bits per heavy atom. The fourth-order valence-electron chi connectivity index (χ4n) is 0.915. The number of carbonyl (C=O) groups excluding carboxylic acids is 1. The van der Waals surface area contributed by atoms with Gasteiger partial charge in [0.15, 0.2) is 0 Å². The van der Waals surface area contributed by atoms with Crippen molar-refractivity contribution in [2.75, 3.05) is 12.3 Å². The predicted molar refractivity (Wildman–Crippen MR) is 68.0 cm³/mol. The van der Waals surface area contributed by atoms with Gasteiger partial charge in [0.05, 0.1) is 5.25 Å². The van der Waals surface area contributed by atoms with Crippen LogP contribution >= 0.6 is 11.8 Å². The third kappa shape index (κ3) is 6.79. The Morgan fingerprint density at radius 3 is 2.47 bits per heavy atom. The number of nitrogens with two attached hydrogens (primary N) is 1. The van der Waals surface area contributed by atoms with E-state index in [1.54, 1.807) is 11.8 Å². The third-order valence-corrected chi connectivity index (χ3v) is 3.88. The maximum Gasteiger partial charge on any atom is 0.233 e. The fraction of sp³-hybridized carbons (Fsp3) is 0.909. The molecule has 0 bridgehead atoms. The van der Waals surface area contributed by atoms with Crippen LogP contribution in [0.1, 0.15) is 34.1 Å². The number of hydrogen-bond donors (Lipinski definition) is 2. The number of hydrogen-bond acceptors (Lipinski definition) is 3. The molecule has 3 nitrogen and oxygen atoms in total. The molecule has 0 saturated carbocycles. The van der Waals surface area contributed by atoms with E-state index in [1.165, 1.54) is 0 Å². The van der Waals surface area contributed by atoms with Crippen LogP contribution in [-0.4, -0.2) is 29.5 Å². The Hall–Kier alpha value is -0.220. The Morgan fingerprint density at radius 1 is 1.40 bits per heavy atom. The average Bonchev–Trinajstić information content (AvgIpc) is 2.24. The van der Waals surface area contributed by atoms with Gasteiger partial charge in [0.25, 0.3) is 0 Å². The summed E-state index contributed by atoms with van der Waals surface area (Å²) < 4.78 is 0. The molecule has 0 aromatic rings. The zero-order valence-corrected chi connectivity index (χ0v) is 11.1. The van der Waals surface area contributed by atoms with Gasteiger partial charge in [0.1, 0.15) is 0 Å². The van der Waals surface area contributed by atoms with Gasteiger partial charge >= 0.3 is 0 Å². The molecule has 3 atom stereocenters. The smallest absolute Gasteiger partial charge is 0.233 e. The van der Waals surface area contributed by atoms with Crippen LogP contribution in [0, 0.1) is 5.92 Å². The SMILES string of the molecule is CCC(C)NC(=O)C(C)SCC(C)CN. The molecule has 3 unspecified atom stereocenters. The van der Waals surface area contributed by atoms with Gasteiger partial charge in [-0.25, -0.2) is 0 Å². The van der Waals surface area contributed by atoms with Gasteiger partial charge in [0, 0.05) is 6.04 Å². The molecule has 1 amide bonds. The summed E-state index contributed by atoms with van der Waals surface area (Å²) >= 11 is 1.68. The first-order valence-electron chi connectivity index (χ1n) is 5.63. The molecule has 0 aliphatic carbocycles. The number of rotatable bonds is 7. The third-order valence-electron chi connectivity index (χ3n) is 2.40. The van der Waals surface area contributed by atoms with Crippen molar-refractivity contribution in [1.29, 1.82) is 0 Å². The van der Waals surface area contributed by atoms with Crippen molar-refractivity contribution in [2.45, 2.75) is 45.4 Å². The first-order chi connectivity index (χ1) is 7.01. The summed E-state index contributed by atoms with van der Waals surface area (Å²) in [6, 6.07) is 0.271. The minimum absolute atomic E-state index is 0.0213. The Balaban J connectivity index is 3.78. The monoisotopic (exact) mass is 232 g/mol. The minimum atomic E-state index is 0.0213. The van der Waals surface area contributed by atoms with Crippen molar-refractivity contribution in [2.24, 2.45) is 11.7 Å². The summed E-state index contributed by atoms with van der Waals surface area (Å²) in [5.41, 5.74) is 5.52. The van der Waals surface area contributed by atoms with Crippen LogP contribution in [0.3, 0.4) is 0 Å². The molecule has 4 heteroatoms. The van der Waals surface area contributed by atoms with E-state index in [1.807, 2.05) is 13.8 Å². The van der Waals surface area contributed by atoms with Crippen LogP contribution in [0.5, 0.6) is 0 Å². The molecule has 0 saturated heterocycles. The normalized spacial score (nSPS) is 16.9. The molecule has 0 heterocycles. The van der Waals surface area contributed by atoms with E-state index < -0.39 is 0 Å². The van der Waals surface area contributed by atoms with Crippen molar-refractivity contribution in [1.82, 2.24) is 5.32 Å². The van der Waals surface area contributed by atoms with Crippen molar-refractivity contribution in [3.63, 3.8) is 0 Å². The predicted octanol–water partition coefficient (Wildman–Crippen LogP) is 1.62. The van der Waals surface area contributed by atoms with Gasteiger partial charge in [-0.1, -0.05) is 13.8 Å². The molecule has 0 radical (unpaired) electrons. The van der Waals surface area contributed by atoms with E-state index >= 15 is 0 Å². The standard InChI is InChI=1S/C11H24N2OS/c1-5-9(3)13-11(14)10(4)15-7-8(2)6-12/h8-10H,5-7,12H2,1-4H3,(H,13,14). The molecule has 0 aromatic carbocycles. The molecule has 0 aromatic heterocycles. The van der Waals surface area contributed by atoms with Crippen LogP contribution in [0.2, 0.25) is 0 Å². The van der Waals surface area contributed by atoms with Gasteiger partial charge in [-0.15, -0.1) is 11.8 Å². The average molecular weight is 232 g/mol. The van der Waals surface area contributed by atoms with E-state index in [0.29, 0.717) is 12.5 Å². The summed E-state index contributed by atoms with van der Waals surface area (Å²) in [7, 11) is 0. The molecule has 0 fully saturated rings. The number of carbonyl (C=O) groups is 1. The summed E-state index contributed by atoms with van der Waals surface area (Å²) in [5.74, 6) is 1.57. The molecule has 0 aliphatic heterocycles. The molecule has 15 heavy (non-hydrogen) atoms. The Bertz CT molecular complexity index is 187. The van der Waals surface area contributed by atoms with E-state index in [9.17, 15) is 4.79 Å². The van der Waals surface area contributed by atoms with E-state index in [-0.39, 0.29) is 17.2 Å². The second kappa shape index (κ2) is 7.99. The van der Waals surface area contributed by atoms with Crippen LogP contribution in [0.15, 0.2) is 0 Å². The Labute approximate surface area is 97.6 Å². The lowest BCUT2D eigenvalue weighted by molar-refractivity contribution is -0.120. The molecule has 0 aliphatic rings. The van der Waals surface area contributed by atoms with Gasteiger partial charge in [-0.2, -0.15) is 0 Å². The topological polar surface area (TPSA) is 55.1 Å². The summed E-state index contributed by atoms with van der Waals surface area (Å²) in [6.45, 7) is 8.83. The highest BCUT2D eigenvalue weighted by atomic mass is 32.2. The molecule has 0 rings (SSSR count). The number of amides is 1. The van der Waals surface area contributed by atoms with Crippen LogP contribution < -0.4 is 11.1 Å². The summed E-state index contributed by atoms with van der Waals surface area (Å²) in [6.07, 6.45) is 0.975. The van der Waals surface area contributed by atoms with Gasteiger partial charge in [-0.3, -0.25) is 4.79 Å². The zero-order chi connectivity index (χ0) is 11.8. The van der Waals surface area contributed by atoms with Crippen molar-refractivity contribution >= 4 is 17.7 Å². The first kappa shape index (κ1) is 14.8. The largest absolute Gasteiger partial charge is 0.353 e. The highest BCUT2D eigenvalue weighted by Gasteiger charge is 2.15. The van der Waals surface area contributed by atoms with Gasteiger partial charge < -0.3 is 11.1 Å². The lowest BCUT2D eigenvalue weighted by Gasteiger charge is -2.17. The molecule has 3 N–H and O–H groups in total. The molecule has 90 valence electrons. The van der Waals surface area contributed by atoms with E-state index in [4.69, 9.17) is 5.73 Å². The van der Waals surface area contributed by atoms with Gasteiger partial charge in [0.2, 0.25) is 5.91 Å². The van der Waals surface area contributed by atoms with E-state index in [2.05, 4.69) is 19.2 Å². The molecular weight excluding hydrogens is 208 g/mol. The highest BCUT2D eigenvalue weighted by Crippen LogP contribution is 2.14. The summed E-state index contributed by atoms with van der Waals surface area (Å²) in [4.78, 5) is 11.7. The highest BCUT2D eigenvalue weighted by molar-refractivity contribution is 8.00.